The Kier molecular flexibility index (Phi) is 4.41. The van der Waals surface area contributed by atoms with Crippen molar-refractivity contribution in [3.63, 3.8) is 0 Å². The van der Waals surface area contributed by atoms with Gasteiger partial charge in [0.2, 0.25) is 11.7 Å². The topological polar surface area (TPSA) is 54.0 Å². The summed E-state index contributed by atoms with van der Waals surface area (Å²) >= 11 is 6.05. The molecule has 0 amide bonds. The number of hydrogen-bond acceptors (Lipinski definition) is 3. The quantitative estimate of drug-likeness (QED) is 0.529. The molecule has 0 saturated heterocycles. The molecule has 0 aliphatic heterocycles. The first-order valence-corrected chi connectivity index (χ1v) is 8.17. The summed E-state index contributed by atoms with van der Waals surface area (Å²) in [5.41, 5.74) is 2.20. The lowest BCUT2D eigenvalue weighted by Gasteiger charge is -2.12. The minimum Gasteiger partial charge on any atom is -0.618 e. The Bertz CT molecular complexity index is 858. The summed E-state index contributed by atoms with van der Waals surface area (Å²) in [6.07, 6.45) is 1.51. The number of imidazole rings is 1. The van der Waals surface area contributed by atoms with E-state index in [-0.39, 0.29) is 0 Å². The summed E-state index contributed by atoms with van der Waals surface area (Å²) in [5, 5.41) is 13.7. The number of nitrogens with zero attached hydrogens (tertiary/aromatic N) is 3. The molecule has 0 radical (unpaired) electrons. The second kappa shape index (κ2) is 6.34. The number of benzene rings is 1. The highest BCUT2D eigenvalue weighted by Gasteiger charge is 2.19. The largest absolute Gasteiger partial charge is 0.618 e. The molecule has 0 bridgehead atoms. The van der Waals surface area contributed by atoms with Gasteiger partial charge in [-0.25, -0.2) is 4.98 Å². The van der Waals surface area contributed by atoms with E-state index in [1.807, 2.05) is 13.0 Å². The van der Waals surface area contributed by atoms with E-state index in [9.17, 15) is 5.21 Å². The van der Waals surface area contributed by atoms with Crippen LogP contribution in [0.3, 0.4) is 0 Å². The van der Waals surface area contributed by atoms with E-state index >= 15 is 0 Å². The van der Waals surface area contributed by atoms with Crippen LogP contribution in [0.4, 0.5) is 0 Å². The van der Waals surface area contributed by atoms with E-state index in [2.05, 4.69) is 23.4 Å². The molecule has 0 aliphatic carbocycles. The van der Waals surface area contributed by atoms with Gasteiger partial charge in [-0.15, -0.1) is 0 Å². The van der Waals surface area contributed by atoms with Crippen LogP contribution in [0.15, 0.2) is 24.4 Å². The van der Waals surface area contributed by atoms with Crippen LogP contribution in [-0.4, -0.2) is 16.2 Å². The first-order valence-electron chi connectivity index (χ1n) is 7.79. The van der Waals surface area contributed by atoms with Crippen molar-refractivity contribution in [2.75, 3.05) is 6.61 Å². The summed E-state index contributed by atoms with van der Waals surface area (Å²) in [6, 6.07) is 5.38. The van der Waals surface area contributed by atoms with Crippen LogP contribution in [0.25, 0.3) is 21.9 Å². The summed E-state index contributed by atoms with van der Waals surface area (Å²) in [4.78, 5) is 4.62. The molecule has 0 aliphatic rings. The van der Waals surface area contributed by atoms with Gasteiger partial charge in [0.1, 0.15) is 12.4 Å². The number of ether oxygens (including phenoxy) is 1. The molecule has 122 valence electrons. The fraction of sp³-hybridized carbons (Fsp3) is 0.412. The van der Waals surface area contributed by atoms with E-state index in [1.54, 1.807) is 12.1 Å². The average molecular weight is 334 g/mol. The summed E-state index contributed by atoms with van der Waals surface area (Å²) in [5.74, 6) is 1.30. The predicted molar refractivity (Wildman–Crippen MR) is 91.4 cm³/mol. The zero-order valence-corrected chi connectivity index (χ0v) is 14.3. The van der Waals surface area contributed by atoms with E-state index in [0.29, 0.717) is 35.2 Å². The highest BCUT2D eigenvalue weighted by Crippen LogP contribution is 2.27. The average Bonchev–Trinajstić information content (AvgIpc) is 2.82. The number of aromatic nitrogens is 3. The third-order valence-electron chi connectivity index (χ3n) is 3.75. The van der Waals surface area contributed by atoms with Gasteiger partial charge in [-0.1, -0.05) is 25.4 Å². The number of rotatable bonds is 5. The normalized spacial score (nSPS) is 11.9. The third-order valence-corrected chi connectivity index (χ3v) is 3.98. The van der Waals surface area contributed by atoms with E-state index in [1.165, 1.54) is 6.20 Å². The van der Waals surface area contributed by atoms with Crippen molar-refractivity contribution >= 4 is 33.5 Å². The maximum absolute atomic E-state index is 12.3. The van der Waals surface area contributed by atoms with E-state index in [4.69, 9.17) is 16.3 Å². The van der Waals surface area contributed by atoms with Crippen LogP contribution in [0, 0.1) is 11.1 Å². The van der Waals surface area contributed by atoms with Gasteiger partial charge in [-0.3, -0.25) is 0 Å². The Balaban J connectivity index is 2.32. The van der Waals surface area contributed by atoms with Crippen LogP contribution in [-0.2, 0) is 17.9 Å². The lowest BCUT2D eigenvalue weighted by molar-refractivity contribution is -0.575. The molecule has 2 aromatic heterocycles. The molecule has 0 saturated carbocycles. The highest BCUT2D eigenvalue weighted by molar-refractivity contribution is 6.31. The van der Waals surface area contributed by atoms with Gasteiger partial charge in [0.25, 0.3) is 0 Å². The molecule has 23 heavy (non-hydrogen) atoms. The first kappa shape index (κ1) is 16.0. The molecule has 0 spiro atoms. The monoisotopic (exact) mass is 333 g/mol. The van der Waals surface area contributed by atoms with Crippen molar-refractivity contribution in [3.8, 4) is 0 Å². The second-order valence-electron chi connectivity index (χ2n) is 6.02. The zero-order valence-electron chi connectivity index (χ0n) is 13.5. The number of hydrogen-bond donors (Lipinski definition) is 0. The van der Waals surface area contributed by atoms with Gasteiger partial charge < -0.3 is 14.5 Å². The standard InChI is InChI=1S/C17H20ClN3O2/c1-4-23-10-16-19-14-9-21(22)15-7-12(18)5-6-13(15)17(14)20(16)8-11(2)3/h5-7,9,11H,4,8,10H2,1-3H3. The summed E-state index contributed by atoms with van der Waals surface area (Å²) in [6.45, 7) is 8.16. The van der Waals surface area contributed by atoms with Crippen molar-refractivity contribution in [1.82, 2.24) is 9.55 Å². The summed E-state index contributed by atoms with van der Waals surface area (Å²) < 4.78 is 8.54. The lowest BCUT2D eigenvalue weighted by atomic mass is 10.1. The molecule has 1 aromatic carbocycles. The fourth-order valence-corrected chi connectivity index (χ4v) is 2.99. The van der Waals surface area contributed by atoms with Crippen LogP contribution in [0.1, 0.15) is 26.6 Å². The van der Waals surface area contributed by atoms with Crippen LogP contribution in [0.2, 0.25) is 5.02 Å². The van der Waals surface area contributed by atoms with Crippen LogP contribution >= 0.6 is 11.6 Å². The van der Waals surface area contributed by atoms with Crippen LogP contribution < -0.4 is 4.73 Å². The molecule has 0 atom stereocenters. The van der Waals surface area contributed by atoms with Gasteiger partial charge in [0, 0.05) is 24.2 Å². The Morgan fingerprint density at radius 2 is 2.17 bits per heavy atom. The first-order chi connectivity index (χ1) is 11.0. The fourth-order valence-electron chi connectivity index (χ4n) is 2.83. The van der Waals surface area contributed by atoms with Gasteiger partial charge in [-0.2, -0.15) is 4.73 Å². The van der Waals surface area contributed by atoms with Crippen molar-refractivity contribution in [1.29, 1.82) is 0 Å². The van der Waals surface area contributed by atoms with Crippen molar-refractivity contribution in [2.45, 2.75) is 33.9 Å². The number of pyridine rings is 1. The molecular formula is C17H20ClN3O2. The SMILES string of the molecule is CCOCc1nc2c[n+]([O-])c3cc(Cl)ccc3c2n1CC(C)C. The molecule has 5 nitrogen and oxygen atoms in total. The van der Waals surface area contributed by atoms with Gasteiger partial charge in [0.15, 0.2) is 5.52 Å². The Morgan fingerprint density at radius 1 is 1.39 bits per heavy atom. The lowest BCUT2D eigenvalue weighted by Crippen LogP contribution is -2.26. The Morgan fingerprint density at radius 3 is 2.87 bits per heavy atom. The second-order valence-corrected chi connectivity index (χ2v) is 6.46. The van der Waals surface area contributed by atoms with Crippen molar-refractivity contribution in [3.05, 3.63) is 40.5 Å². The minimum absolute atomic E-state index is 0.436. The number of fused-ring (bicyclic) bond motifs is 3. The Hall–Kier alpha value is -1.85. The molecule has 6 heteroatoms. The zero-order chi connectivity index (χ0) is 16.6. The molecule has 0 fully saturated rings. The molecule has 0 N–H and O–H groups in total. The molecular weight excluding hydrogens is 314 g/mol. The maximum Gasteiger partial charge on any atom is 0.227 e. The third kappa shape index (κ3) is 2.99. The van der Waals surface area contributed by atoms with Crippen molar-refractivity contribution < 1.29 is 9.47 Å². The Labute approximate surface area is 140 Å². The molecule has 3 aromatic rings. The van der Waals surface area contributed by atoms with Gasteiger partial charge >= 0.3 is 0 Å². The predicted octanol–water partition coefficient (Wildman–Crippen LogP) is 3.67. The smallest absolute Gasteiger partial charge is 0.227 e. The molecule has 0 unspecified atom stereocenters. The van der Waals surface area contributed by atoms with Gasteiger partial charge in [-0.05, 0) is 25.0 Å². The number of halogens is 1. The maximum atomic E-state index is 12.3. The van der Waals surface area contributed by atoms with Crippen LogP contribution in [0.5, 0.6) is 0 Å². The summed E-state index contributed by atoms with van der Waals surface area (Å²) in [7, 11) is 0. The van der Waals surface area contributed by atoms with E-state index in [0.717, 1.165) is 28.0 Å². The highest BCUT2D eigenvalue weighted by atomic mass is 35.5. The molecule has 2 heterocycles. The van der Waals surface area contributed by atoms with Gasteiger partial charge in [0.05, 0.1) is 10.9 Å². The van der Waals surface area contributed by atoms with Crippen molar-refractivity contribution in [2.24, 2.45) is 5.92 Å². The minimum atomic E-state index is 0.436. The molecule has 3 rings (SSSR count). The van der Waals surface area contributed by atoms with E-state index < -0.39 is 0 Å².